The molecule has 1 aromatic carbocycles. The van der Waals surface area contributed by atoms with Gasteiger partial charge in [-0.1, -0.05) is 43.4 Å². The second-order valence-electron chi connectivity index (χ2n) is 4.69. The van der Waals surface area contributed by atoms with Crippen LogP contribution in [0.15, 0.2) is 48.1 Å². The van der Waals surface area contributed by atoms with E-state index in [2.05, 4.69) is 18.3 Å². The maximum atomic E-state index is 12.4. The van der Waals surface area contributed by atoms with Crippen molar-refractivity contribution in [2.45, 2.75) is 32.6 Å². The lowest BCUT2D eigenvalue weighted by atomic mass is 9.76. The summed E-state index contributed by atoms with van der Waals surface area (Å²) < 4.78 is 0. The van der Waals surface area contributed by atoms with Gasteiger partial charge in [0.2, 0.25) is 5.91 Å². The van der Waals surface area contributed by atoms with Gasteiger partial charge in [-0.15, -0.1) is 0 Å². The molecule has 0 saturated heterocycles. The molecule has 2 heteroatoms. The first-order chi connectivity index (χ1) is 8.64. The van der Waals surface area contributed by atoms with Crippen molar-refractivity contribution in [1.82, 2.24) is 0 Å². The molecule has 1 unspecified atom stereocenters. The molecule has 18 heavy (non-hydrogen) atoms. The highest BCUT2D eigenvalue weighted by molar-refractivity contribution is 6.08. The summed E-state index contributed by atoms with van der Waals surface area (Å²) in [6, 6.07) is 7.91. The Morgan fingerprint density at radius 3 is 2.78 bits per heavy atom. The van der Waals surface area contributed by atoms with Crippen LogP contribution in [0, 0.1) is 0 Å². The molecule has 0 fully saturated rings. The van der Waals surface area contributed by atoms with Gasteiger partial charge in [-0.3, -0.25) is 4.79 Å². The highest BCUT2D eigenvalue weighted by Crippen LogP contribution is 2.43. The highest BCUT2D eigenvalue weighted by Gasteiger charge is 2.44. The molecule has 0 aliphatic carbocycles. The van der Waals surface area contributed by atoms with Gasteiger partial charge >= 0.3 is 0 Å². The number of benzene rings is 1. The van der Waals surface area contributed by atoms with E-state index in [1.54, 1.807) is 0 Å². The predicted molar refractivity (Wildman–Crippen MR) is 75.6 cm³/mol. The third-order valence-corrected chi connectivity index (χ3v) is 3.52. The monoisotopic (exact) mass is 241 g/mol. The molecular weight excluding hydrogens is 222 g/mol. The van der Waals surface area contributed by atoms with Crippen LogP contribution in [0.3, 0.4) is 0 Å². The number of amides is 1. The van der Waals surface area contributed by atoms with Crippen molar-refractivity contribution in [3.05, 3.63) is 53.6 Å². The molecule has 1 heterocycles. The summed E-state index contributed by atoms with van der Waals surface area (Å²) >= 11 is 0. The Hall–Kier alpha value is -1.83. The van der Waals surface area contributed by atoms with E-state index < -0.39 is 5.41 Å². The van der Waals surface area contributed by atoms with Gasteiger partial charge in [0, 0.05) is 5.69 Å². The maximum Gasteiger partial charge on any atom is 0.239 e. The van der Waals surface area contributed by atoms with Gasteiger partial charge in [-0.2, -0.15) is 0 Å². The van der Waals surface area contributed by atoms with Gasteiger partial charge in [0.25, 0.3) is 0 Å². The Morgan fingerprint density at radius 2 is 2.11 bits per heavy atom. The first-order valence-electron chi connectivity index (χ1n) is 6.38. The van der Waals surface area contributed by atoms with Crippen molar-refractivity contribution in [2.24, 2.45) is 0 Å². The lowest BCUT2D eigenvalue weighted by Gasteiger charge is -2.24. The molecule has 2 nitrogen and oxygen atoms in total. The molecule has 0 aromatic heterocycles. The van der Waals surface area contributed by atoms with Crippen LogP contribution < -0.4 is 5.32 Å². The van der Waals surface area contributed by atoms with E-state index in [4.69, 9.17) is 0 Å². The van der Waals surface area contributed by atoms with Crippen LogP contribution >= 0.6 is 0 Å². The molecule has 0 spiro atoms. The van der Waals surface area contributed by atoms with Gasteiger partial charge in [-0.25, -0.2) is 0 Å². The minimum absolute atomic E-state index is 0.0569. The van der Waals surface area contributed by atoms with Gasteiger partial charge in [-0.05, 0) is 37.5 Å². The first kappa shape index (κ1) is 12.6. The number of anilines is 1. The maximum absolute atomic E-state index is 12.4. The normalized spacial score (nSPS) is 23.3. The standard InChI is InChI=1S/C16H19NO/c1-4-8-12(9-5-2)16(3)13-10-6-7-11-14(13)17-15(16)18/h4,6-11H,5H2,1-3H3,(H,17,18)/b8-4-,12-9+. The van der Waals surface area contributed by atoms with Crippen molar-refractivity contribution < 1.29 is 4.79 Å². The first-order valence-corrected chi connectivity index (χ1v) is 6.38. The Morgan fingerprint density at radius 1 is 1.39 bits per heavy atom. The number of hydrogen-bond acceptors (Lipinski definition) is 1. The SMILES string of the molecule is C/C=C\C(=C/CC)C1(C)C(=O)Nc2ccccc21. The second-order valence-corrected chi connectivity index (χ2v) is 4.69. The highest BCUT2D eigenvalue weighted by atomic mass is 16.2. The summed E-state index contributed by atoms with van der Waals surface area (Å²) in [6.07, 6.45) is 7.07. The average Bonchev–Trinajstić information content (AvgIpc) is 2.63. The number of carbonyl (C=O) groups excluding carboxylic acids is 1. The molecule has 0 bridgehead atoms. The average molecular weight is 241 g/mol. The van der Waals surface area contributed by atoms with Crippen LogP contribution in [0.1, 0.15) is 32.8 Å². The molecule has 1 N–H and O–H groups in total. The number of para-hydroxylation sites is 1. The zero-order valence-corrected chi connectivity index (χ0v) is 11.2. The topological polar surface area (TPSA) is 29.1 Å². The fraction of sp³-hybridized carbons (Fsp3) is 0.312. The predicted octanol–water partition coefficient (Wildman–Crippen LogP) is 3.81. The molecule has 1 aromatic rings. The van der Waals surface area contributed by atoms with Crippen LogP contribution in [0.25, 0.3) is 0 Å². The fourth-order valence-electron chi connectivity index (χ4n) is 2.52. The van der Waals surface area contributed by atoms with Crippen molar-refractivity contribution in [3.8, 4) is 0 Å². The van der Waals surface area contributed by atoms with E-state index in [1.807, 2.05) is 50.3 Å². The van der Waals surface area contributed by atoms with E-state index in [0.717, 1.165) is 23.2 Å². The van der Waals surface area contributed by atoms with Crippen molar-refractivity contribution in [3.63, 3.8) is 0 Å². The zero-order valence-electron chi connectivity index (χ0n) is 11.2. The number of fused-ring (bicyclic) bond motifs is 1. The summed E-state index contributed by atoms with van der Waals surface area (Å²) in [5.41, 5.74) is 2.48. The van der Waals surface area contributed by atoms with Crippen molar-refractivity contribution in [2.75, 3.05) is 5.32 Å². The second kappa shape index (κ2) is 4.81. The minimum atomic E-state index is -0.570. The molecule has 2 rings (SSSR count). The van der Waals surface area contributed by atoms with Gasteiger partial charge in [0.15, 0.2) is 0 Å². The Bertz CT molecular complexity index is 528. The fourth-order valence-corrected chi connectivity index (χ4v) is 2.52. The van der Waals surface area contributed by atoms with E-state index >= 15 is 0 Å². The molecule has 1 atom stereocenters. The molecule has 1 aliphatic rings. The summed E-state index contributed by atoms with van der Waals surface area (Å²) in [7, 11) is 0. The summed E-state index contributed by atoms with van der Waals surface area (Å²) in [4.78, 5) is 12.4. The molecule has 1 amide bonds. The van der Waals surface area contributed by atoms with E-state index in [9.17, 15) is 4.79 Å². The number of nitrogens with one attached hydrogen (secondary N) is 1. The van der Waals surface area contributed by atoms with E-state index in [-0.39, 0.29) is 5.91 Å². The number of allylic oxidation sites excluding steroid dienone is 3. The Kier molecular flexibility index (Phi) is 3.37. The molecule has 0 radical (unpaired) electrons. The summed E-state index contributed by atoms with van der Waals surface area (Å²) in [6.45, 7) is 6.06. The lowest BCUT2D eigenvalue weighted by Crippen LogP contribution is -2.32. The summed E-state index contributed by atoms with van der Waals surface area (Å²) in [5.74, 6) is 0.0569. The quantitative estimate of drug-likeness (QED) is 0.801. The number of rotatable bonds is 3. The van der Waals surface area contributed by atoms with Gasteiger partial charge < -0.3 is 5.32 Å². The van der Waals surface area contributed by atoms with E-state index in [1.165, 1.54) is 0 Å². The number of carbonyl (C=O) groups is 1. The Labute approximate surface area is 108 Å². The van der Waals surface area contributed by atoms with Crippen LogP contribution in [0.2, 0.25) is 0 Å². The molecule has 1 aliphatic heterocycles. The molecule has 94 valence electrons. The largest absolute Gasteiger partial charge is 0.325 e. The Balaban J connectivity index is 2.59. The van der Waals surface area contributed by atoms with Crippen LogP contribution in [0.4, 0.5) is 5.69 Å². The van der Waals surface area contributed by atoms with Crippen molar-refractivity contribution in [1.29, 1.82) is 0 Å². The summed E-state index contributed by atoms with van der Waals surface area (Å²) in [5, 5.41) is 2.97. The zero-order chi connectivity index (χ0) is 13.2. The van der Waals surface area contributed by atoms with Crippen LogP contribution in [0.5, 0.6) is 0 Å². The van der Waals surface area contributed by atoms with Crippen molar-refractivity contribution >= 4 is 11.6 Å². The smallest absolute Gasteiger partial charge is 0.239 e. The lowest BCUT2D eigenvalue weighted by molar-refractivity contribution is -0.119. The van der Waals surface area contributed by atoms with E-state index in [0.29, 0.717) is 0 Å². The van der Waals surface area contributed by atoms with Gasteiger partial charge in [0.1, 0.15) is 0 Å². The van der Waals surface area contributed by atoms with Gasteiger partial charge in [0.05, 0.1) is 5.41 Å². The van der Waals surface area contributed by atoms with Crippen LogP contribution in [-0.4, -0.2) is 5.91 Å². The third-order valence-electron chi connectivity index (χ3n) is 3.52. The third kappa shape index (κ3) is 1.78. The number of hydrogen-bond donors (Lipinski definition) is 1. The molecule has 0 saturated carbocycles. The molecular formula is C16H19NO. The van der Waals surface area contributed by atoms with Crippen LogP contribution in [-0.2, 0) is 10.2 Å². The minimum Gasteiger partial charge on any atom is -0.325 e.